The van der Waals surface area contributed by atoms with Crippen LogP contribution in [0.25, 0.3) is 0 Å². The van der Waals surface area contributed by atoms with Crippen LogP contribution in [0.1, 0.15) is 28.8 Å². The van der Waals surface area contributed by atoms with Gasteiger partial charge in [-0.15, -0.1) is 0 Å². The van der Waals surface area contributed by atoms with E-state index < -0.39 is 0 Å². The van der Waals surface area contributed by atoms with Gasteiger partial charge < -0.3 is 0 Å². The number of nitrogens with one attached hydrogen (secondary N) is 1. The molecule has 1 N–H and O–H groups in total. The van der Waals surface area contributed by atoms with Crippen molar-refractivity contribution in [2.75, 3.05) is 0 Å². The normalized spacial score (nSPS) is 12.3. The van der Waals surface area contributed by atoms with Crippen LogP contribution in [0.2, 0.25) is 5.02 Å². The predicted molar refractivity (Wildman–Crippen MR) is 82.3 cm³/mol. The molecule has 20 heavy (non-hydrogen) atoms. The van der Waals surface area contributed by atoms with Gasteiger partial charge in [-0.25, -0.2) is 5.43 Å². The Balaban J connectivity index is 1.97. The molecule has 0 fully saturated rings. The summed E-state index contributed by atoms with van der Waals surface area (Å²) in [5, 5.41) is 4.40. The van der Waals surface area contributed by atoms with Gasteiger partial charge in [0.25, 0.3) is 5.91 Å². The molecule has 0 aromatic heterocycles. The van der Waals surface area contributed by atoms with Crippen molar-refractivity contribution in [1.29, 1.82) is 0 Å². The summed E-state index contributed by atoms with van der Waals surface area (Å²) >= 11 is 5.94. The first-order valence-electron chi connectivity index (χ1n) is 6.31. The molecule has 0 radical (unpaired) electrons. The fourth-order valence-electron chi connectivity index (χ4n) is 1.76. The number of hydrogen-bond donors (Lipinski definition) is 1. The molecule has 0 spiro atoms. The summed E-state index contributed by atoms with van der Waals surface area (Å²) in [7, 11) is 0. The Bertz CT molecular complexity index is 611. The largest absolute Gasteiger partial charge is 0.272 e. The topological polar surface area (TPSA) is 41.5 Å². The second-order valence-electron chi connectivity index (χ2n) is 4.40. The number of hydrazone groups is 1. The standard InChI is InChI=1S/C16H15ClN2O/c1-12(13-7-3-2-4-8-13)11-18-19-16(20)14-9-5-6-10-15(14)17/h2-12H,1H3,(H,19,20)/b18-11+/t12-/m1/s1. The quantitative estimate of drug-likeness (QED) is 0.673. The van der Waals surface area contributed by atoms with Crippen molar-refractivity contribution >= 4 is 23.7 Å². The number of carbonyl (C=O) groups is 1. The number of rotatable bonds is 4. The van der Waals surface area contributed by atoms with Crippen molar-refractivity contribution in [3.8, 4) is 0 Å². The van der Waals surface area contributed by atoms with Gasteiger partial charge in [0.15, 0.2) is 0 Å². The van der Waals surface area contributed by atoms with E-state index in [1.54, 1.807) is 30.5 Å². The summed E-state index contributed by atoms with van der Waals surface area (Å²) < 4.78 is 0. The summed E-state index contributed by atoms with van der Waals surface area (Å²) in [6, 6.07) is 16.8. The molecule has 0 aliphatic rings. The van der Waals surface area contributed by atoms with E-state index in [1.165, 1.54) is 0 Å². The van der Waals surface area contributed by atoms with Gasteiger partial charge in [0.2, 0.25) is 0 Å². The van der Waals surface area contributed by atoms with Crippen molar-refractivity contribution in [2.45, 2.75) is 12.8 Å². The molecular formula is C16H15ClN2O. The van der Waals surface area contributed by atoms with Gasteiger partial charge in [0, 0.05) is 12.1 Å². The zero-order chi connectivity index (χ0) is 14.4. The van der Waals surface area contributed by atoms with Gasteiger partial charge in [-0.1, -0.05) is 61.0 Å². The molecule has 3 nitrogen and oxygen atoms in total. The Labute approximate surface area is 123 Å². The summed E-state index contributed by atoms with van der Waals surface area (Å²) in [5.74, 6) is -0.185. The molecule has 102 valence electrons. The Morgan fingerprint density at radius 2 is 1.80 bits per heavy atom. The Hall–Kier alpha value is -2.13. The lowest BCUT2D eigenvalue weighted by Gasteiger charge is -2.06. The third kappa shape index (κ3) is 3.68. The van der Waals surface area contributed by atoms with Crippen LogP contribution in [0.3, 0.4) is 0 Å². The van der Waals surface area contributed by atoms with Crippen molar-refractivity contribution in [3.63, 3.8) is 0 Å². The third-order valence-electron chi connectivity index (χ3n) is 2.91. The summed E-state index contributed by atoms with van der Waals surface area (Å²) in [5.41, 5.74) is 4.04. The maximum absolute atomic E-state index is 11.9. The maximum Gasteiger partial charge on any atom is 0.272 e. The Morgan fingerprint density at radius 1 is 1.15 bits per heavy atom. The lowest BCUT2D eigenvalue weighted by Crippen LogP contribution is -2.18. The molecule has 2 rings (SSSR count). The molecule has 0 heterocycles. The van der Waals surface area contributed by atoms with Crippen molar-refractivity contribution < 1.29 is 4.79 Å². The van der Waals surface area contributed by atoms with E-state index in [4.69, 9.17) is 11.6 Å². The van der Waals surface area contributed by atoms with Crippen LogP contribution in [-0.2, 0) is 0 Å². The monoisotopic (exact) mass is 286 g/mol. The highest BCUT2D eigenvalue weighted by Crippen LogP contribution is 2.14. The lowest BCUT2D eigenvalue weighted by molar-refractivity contribution is 0.0955. The van der Waals surface area contributed by atoms with Gasteiger partial charge >= 0.3 is 0 Å². The SMILES string of the molecule is C[C@H](/C=N/NC(=O)c1ccccc1Cl)c1ccccc1. The fourth-order valence-corrected chi connectivity index (χ4v) is 1.98. The molecule has 0 aliphatic carbocycles. The smallest absolute Gasteiger partial charge is 0.267 e. The van der Waals surface area contributed by atoms with Crippen LogP contribution in [0.15, 0.2) is 59.7 Å². The first-order chi connectivity index (χ1) is 9.68. The number of nitrogens with zero attached hydrogens (tertiary/aromatic N) is 1. The van der Waals surface area contributed by atoms with Crippen molar-refractivity contribution in [3.05, 3.63) is 70.7 Å². The van der Waals surface area contributed by atoms with Crippen molar-refractivity contribution in [2.24, 2.45) is 5.10 Å². The minimum absolute atomic E-state index is 0.128. The average Bonchev–Trinajstić information content (AvgIpc) is 2.48. The zero-order valence-electron chi connectivity index (χ0n) is 11.1. The lowest BCUT2D eigenvalue weighted by atomic mass is 10.0. The third-order valence-corrected chi connectivity index (χ3v) is 3.24. The highest BCUT2D eigenvalue weighted by molar-refractivity contribution is 6.33. The van der Waals surface area contributed by atoms with Crippen LogP contribution in [0.5, 0.6) is 0 Å². The molecule has 1 atom stereocenters. The molecular weight excluding hydrogens is 272 g/mol. The molecule has 0 bridgehead atoms. The molecule has 0 unspecified atom stereocenters. The van der Waals surface area contributed by atoms with E-state index in [0.29, 0.717) is 10.6 Å². The van der Waals surface area contributed by atoms with Crippen LogP contribution < -0.4 is 5.43 Å². The van der Waals surface area contributed by atoms with Crippen LogP contribution in [-0.4, -0.2) is 12.1 Å². The van der Waals surface area contributed by atoms with Crippen LogP contribution in [0.4, 0.5) is 0 Å². The van der Waals surface area contributed by atoms with Gasteiger partial charge in [-0.05, 0) is 17.7 Å². The van der Waals surface area contributed by atoms with Gasteiger partial charge in [-0.3, -0.25) is 4.79 Å². The predicted octanol–water partition coefficient (Wildman–Crippen LogP) is 3.86. The molecule has 2 aromatic rings. The maximum atomic E-state index is 11.9. The first kappa shape index (κ1) is 14.3. The minimum atomic E-state index is -0.313. The van der Waals surface area contributed by atoms with E-state index in [-0.39, 0.29) is 11.8 Å². The first-order valence-corrected chi connectivity index (χ1v) is 6.69. The number of benzene rings is 2. The van der Waals surface area contributed by atoms with E-state index in [2.05, 4.69) is 10.5 Å². The molecule has 4 heteroatoms. The molecule has 2 aromatic carbocycles. The highest BCUT2D eigenvalue weighted by Gasteiger charge is 2.08. The van der Waals surface area contributed by atoms with E-state index >= 15 is 0 Å². The minimum Gasteiger partial charge on any atom is -0.267 e. The number of amides is 1. The molecule has 0 saturated carbocycles. The van der Waals surface area contributed by atoms with Crippen molar-refractivity contribution in [1.82, 2.24) is 5.43 Å². The molecule has 0 aliphatic heterocycles. The van der Waals surface area contributed by atoms with E-state index in [1.807, 2.05) is 37.3 Å². The van der Waals surface area contributed by atoms with E-state index in [0.717, 1.165) is 5.56 Å². The number of halogens is 1. The van der Waals surface area contributed by atoms with Gasteiger partial charge in [0.1, 0.15) is 0 Å². The fraction of sp³-hybridized carbons (Fsp3) is 0.125. The summed E-state index contributed by atoms with van der Waals surface area (Å²) in [4.78, 5) is 11.9. The summed E-state index contributed by atoms with van der Waals surface area (Å²) in [6.45, 7) is 2.01. The van der Waals surface area contributed by atoms with E-state index in [9.17, 15) is 4.79 Å². The van der Waals surface area contributed by atoms with Crippen LogP contribution >= 0.6 is 11.6 Å². The number of hydrogen-bond acceptors (Lipinski definition) is 2. The van der Waals surface area contributed by atoms with Crippen LogP contribution in [0, 0.1) is 0 Å². The summed E-state index contributed by atoms with van der Waals surface area (Å²) in [6.07, 6.45) is 1.70. The Kier molecular flexibility index (Phi) is 4.91. The average molecular weight is 287 g/mol. The molecule has 1 amide bonds. The molecule has 0 saturated heterocycles. The second kappa shape index (κ2) is 6.87. The Morgan fingerprint density at radius 3 is 2.50 bits per heavy atom. The van der Waals surface area contributed by atoms with Gasteiger partial charge in [0.05, 0.1) is 10.6 Å². The number of carbonyl (C=O) groups excluding carboxylic acids is 1. The van der Waals surface area contributed by atoms with Gasteiger partial charge in [-0.2, -0.15) is 5.10 Å². The second-order valence-corrected chi connectivity index (χ2v) is 4.81. The highest BCUT2D eigenvalue weighted by atomic mass is 35.5. The zero-order valence-corrected chi connectivity index (χ0v) is 11.8.